The van der Waals surface area contributed by atoms with Gasteiger partial charge in [-0.2, -0.15) is 22.8 Å². The zero-order valence-electron chi connectivity index (χ0n) is 20.7. The Morgan fingerprint density at radius 3 is 0.919 bits per heavy atom. The topological polar surface area (TPSA) is 120 Å². The van der Waals surface area contributed by atoms with E-state index in [1.807, 2.05) is 52.0 Å². The van der Waals surface area contributed by atoms with Gasteiger partial charge in [-0.15, -0.1) is 32.9 Å². The van der Waals surface area contributed by atoms with E-state index in [1.165, 1.54) is 0 Å². The Morgan fingerprint density at radius 2 is 0.730 bits per heavy atom. The van der Waals surface area contributed by atoms with E-state index >= 15 is 0 Å². The molecule has 1 N–H and O–H groups in total. The smallest absolute Gasteiger partial charge is 0.662 e. The maximum Gasteiger partial charge on any atom is 1.00 e. The molecule has 0 aromatic heterocycles. The molecular weight excluding hydrogens is 518 g/mol. The van der Waals surface area contributed by atoms with Crippen LogP contribution in [0.15, 0.2) is 71.4 Å². The molecule has 4 aliphatic heterocycles. The van der Waals surface area contributed by atoms with Crippen molar-refractivity contribution >= 4 is 47.1 Å². The summed E-state index contributed by atoms with van der Waals surface area (Å²) >= 11 is 0. The van der Waals surface area contributed by atoms with Gasteiger partial charge in [0.25, 0.3) is 5.09 Å². The van der Waals surface area contributed by atoms with Crippen LogP contribution in [0.25, 0.3) is 45.6 Å². The van der Waals surface area contributed by atoms with E-state index < -0.39 is 5.09 Å². The van der Waals surface area contributed by atoms with Crippen molar-refractivity contribution < 1.29 is 27.4 Å². The minimum atomic E-state index is -1.50. The molecule has 0 unspecified atom stereocenters. The van der Waals surface area contributed by atoms with Crippen molar-refractivity contribution in [2.24, 2.45) is 0 Å². The van der Waals surface area contributed by atoms with E-state index in [4.69, 9.17) is 15.3 Å². The van der Waals surface area contributed by atoms with Gasteiger partial charge in [-0.05, 0) is 20.9 Å². The Labute approximate surface area is 225 Å². The minimum Gasteiger partial charge on any atom is -0.662 e. The quantitative estimate of drug-likeness (QED) is 0.256. The molecule has 4 aliphatic rings. The minimum absolute atomic E-state index is 0. The number of hydrogen-bond donors (Lipinski definition) is 1. The van der Waals surface area contributed by atoms with Crippen LogP contribution in [0.4, 0.5) is 22.7 Å². The molecule has 0 saturated carbocycles. The molecule has 0 fully saturated rings. The van der Waals surface area contributed by atoms with Gasteiger partial charge in [-0.25, -0.2) is 0 Å². The van der Waals surface area contributed by atoms with Gasteiger partial charge in [-0.1, -0.05) is 101 Å². The normalized spacial score (nSPS) is 14.8. The molecule has 2 aromatic carbocycles. The molecule has 9 heteroatoms. The van der Waals surface area contributed by atoms with Crippen LogP contribution in [0.2, 0.25) is 0 Å². The van der Waals surface area contributed by atoms with Gasteiger partial charge in [0.15, 0.2) is 0 Å². The van der Waals surface area contributed by atoms with E-state index in [0.29, 0.717) is 0 Å². The molecule has 6 rings (SSSR count). The standard InChI is InChI=1S/2C14H12N2.Cu.HNO3/c2*1-9-3-5-11-7-8-12-6-4-10(2)16-14(12)13(11)15-9;;2-1(3)4/h2*3-8H,1-2H3;;(H,2,3,4)/q2*-2;+1;. The Hall–Kier alpha value is -4.20. The summed E-state index contributed by atoms with van der Waals surface area (Å²) in [6.45, 7) is 8.03. The zero-order chi connectivity index (χ0) is 25.8. The van der Waals surface area contributed by atoms with Crippen LogP contribution in [-0.4, -0.2) is 10.3 Å². The van der Waals surface area contributed by atoms with Crippen LogP contribution in [0.3, 0.4) is 0 Å². The van der Waals surface area contributed by atoms with Crippen LogP contribution in [-0.2, 0) is 17.1 Å². The van der Waals surface area contributed by atoms with Crippen LogP contribution >= 0.6 is 0 Å². The number of allylic oxidation sites excluding steroid dienone is 8. The SMILES string of the molecule is CC1=CC=c2ccc3c(c2[N-]1)[N-]C(C)=CC=3.CC1=CC=c2ccc3c(c2[N-]1)[N-]C(C)=CC=3.O=[N+]([O-])O.[Cu+]. The molecule has 0 saturated heterocycles. The summed E-state index contributed by atoms with van der Waals surface area (Å²) in [6.07, 6.45) is 16.5. The third kappa shape index (κ3) is 6.52. The fourth-order valence-electron chi connectivity index (χ4n) is 3.93. The van der Waals surface area contributed by atoms with Gasteiger partial charge in [0.05, 0.1) is 0 Å². The third-order valence-electron chi connectivity index (χ3n) is 5.60. The first-order valence-corrected chi connectivity index (χ1v) is 11.3. The maximum absolute atomic E-state index is 8.36. The molecule has 2 aromatic rings. The summed E-state index contributed by atoms with van der Waals surface area (Å²) in [7, 11) is 0. The van der Waals surface area contributed by atoms with Crippen LogP contribution in [0.5, 0.6) is 0 Å². The van der Waals surface area contributed by atoms with Crippen molar-refractivity contribution in [1.29, 1.82) is 0 Å². The van der Waals surface area contributed by atoms with Crippen LogP contribution < -0.4 is 20.9 Å². The van der Waals surface area contributed by atoms with Crippen molar-refractivity contribution in [2.45, 2.75) is 27.7 Å². The van der Waals surface area contributed by atoms with E-state index in [1.54, 1.807) is 0 Å². The fraction of sp³-hybridized carbons (Fsp3) is 0.143. The molecule has 37 heavy (non-hydrogen) atoms. The van der Waals surface area contributed by atoms with Crippen LogP contribution in [0, 0.1) is 10.1 Å². The van der Waals surface area contributed by atoms with E-state index in [-0.39, 0.29) is 17.1 Å². The van der Waals surface area contributed by atoms with E-state index in [2.05, 4.69) is 69.8 Å². The molecule has 0 atom stereocenters. The van der Waals surface area contributed by atoms with Gasteiger partial charge in [0.1, 0.15) is 0 Å². The van der Waals surface area contributed by atoms with Gasteiger partial charge < -0.3 is 26.5 Å². The predicted molar refractivity (Wildman–Crippen MR) is 145 cm³/mol. The van der Waals surface area contributed by atoms with Gasteiger partial charge in [-0.3, -0.25) is 0 Å². The van der Waals surface area contributed by atoms with Crippen LogP contribution in [0.1, 0.15) is 27.7 Å². The van der Waals surface area contributed by atoms with Crippen molar-refractivity contribution in [2.75, 3.05) is 0 Å². The first-order chi connectivity index (χ1) is 17.2. The molecule has 0 amide bonds. The summed E-state index contributed by atoms with van der Waals surface area (Å²) in [5, 5.41) is 36.6. The summed E-state index contributed by atoms with van der Waals surface area (Å²) in [5.41, 5.74) is 8.13. The van der Waals surface area contributed by atoms with Crippen molar-refractivity contribution in [3.05, 3.63) is 124 Å². The Morgan fingerprint density at radius 1 is 0.541 bits per heavy atom. The Bertz CT molecular complexity index is 1380. The van der Waals surface area contributed by atoms with Crippen molar-refractivity contribution in [3.8, 4) is 0 Å². The zero-order valence-corrected chi connectivity index (χ0v) is 21.7. The fourth-order valence-corrected chi connectivity index (χ4v) is 3.93. The second-order valence-corrected chi connectivity index (χ2v) is 8.47. The van der Waals surface area contributed by atoms with Gasteiger partial charge >= 0.3 is 17.1 Å². The third-order valence-corrected chi connectivity index (χ3v) is 5.60. The first kappa shape index (κ1) is 27.4. The van der Waals surface area contributed by atoms with E-state index in [0.717, 1.165) is 66.4 Å². The van der Waals surface area contributed by atoms with E-state index in [9.17, 15) is 0 Å². The molecule has 4 heterocycles. The molecule has 8 nitrogen and oxygen atoms in total. The molecule has 194 valence electrons. The average molecular weight is 543 g/mol. The largest absolute Gasteiger partial charge is 1.00 e. The second kappa shape index (κ2) is 11.7. The van der Waals surface area contributed by atoms with Crippen molar-refractivity contribution in [3.63, 3.8) is 0 Å². The summed E-state index contributed by atoms with van der Waals surface area (Å²) in [5.74, 6) is 0. The molecule has 0 aliphatic carbocycles. The summed E-state index contributed by atoms with van der Waals surface area (Å²) in [6, 6.07) is 8.39. The van der Waals surface area contributed by atoms with Gasteiger partial charge in [0.2, 0.25) is 0 Å². The second-order valence-electron chi connectivity index (χ2n) is 8.47. The van der Waals surface area contributed by atoms with Crippen molar-refractivity contribution in [1.82, 2.24) is 0 Å². The number of nitrogens with zero attached hydrogens (tertiary/aromatic N) is 5. The molecular formula is C28H25CuN5O3-3. The molecule has 0 bridgehead atoms. The predicted octanol–water partition coefficient (Wildman–Crippen LogP) is 5.84. The Kier molecular flexibility index (Phi) is 8.65. The summed E-state index contributed by atoms with van der Waals surface area (Å²) < 4.78 is 0. The molecule has 0 radical (unpaired) electrons. The van der Waals surface area contributed by atoms with Gasteiger partial charge in [0, 0.05) is 0 Å². The summed E-state index contributed by atoms with van der Waals surface area (Å²) in [4.78, 5) is 8.36. The Balaban J connectivity index is 0.000000176. The number of benzene rings is 2. The average Bonchev–Trinajstić information content (AvgIpc) is 2.84. The number of rotatable bonds is 0. The molecule has 0 spiro atoms. The monoisotopic (exact) mass is 542 g/mol. The number of hydrogen-bond acceptors (Lipinski definition) is 2. The first-order valence-electron chi connectivity index (χ1n) is 11.3. The maximum atomic E-state index is 8.36. The number of fused-ring (bicyclic) bond motifs is 6.